The Morgan fingerprint density at radius 3 is 2.61 bits per heavy atom. The predicted molar refractivity (Wildman–Crippen MR) is 106 cm³/mol. The quantitative estimate of drug-likeness (QED) is 0.506. The second-order valence-corrected chi connectivity index (χ2v) is 10.6. The number of amides is 2. The minimum Gasteiger partial charge on any atom is -0.504 e. The molecule has 1 aliphatic heterocycles. The van der Waals surface area contributed by atoms with Crippen molar-refractivity contribution >= 4 is 33.2 Å². The average molecular weight is 427 g/mol. The molecule has 1 aromatic carbocycles. The zero-order chi connectivity index (χ0) is 20.1. The van der Waals surface area contributed by atoms with Gasteiger partial charge in [-0.3, -0.25) is 0 Å². The standard InChI is InChI=1S/C19H23ClN2O5S/c1-11-3-2-4-14(11)21-18(24)22-15-6-5-13(20)17(16(15)23)28(25,26)12-7-19(8-12)9-27-10-19/h3,5-6,12,14,23H,2,4,7-10H2,1H3,(H2,21,22,24). The SMILES string of the molecule is CC1=CCCC1NC(=O)Nc1ccc(Cl)c(S(=O)(=O)C2CC3(COC3)C2)c1O. The summed E-state index contributed by atoms with van der Waals surface area (Å²) < 4.78 is 31.2. The van der Waals surface area contributed by atoms with Crippen LogP contribution in [-0.4, -0.2) is 44.1 Å². The van der Waals surface area contributed by atoms with Crippen molar-refractivity contribution in [2.24, 2.45) is 5.41 Å². The minimum absolute atomic E-state index is 0.0149. The van der Waals surface area contributed by atoms with Crippen molar-refractivity contribution < 1.29 is 23.1 Å². The van der Waals surface area contributed by atoms with E-state index in [-0.39, 0.29) is 27.1 Å². The number of benzene rings is 1. The molecule has 28 heavy (non-hydrogen) atoms. The second-order valence-electron chi connectivity index (χ2n) is 8.02. The number of anilines is 1. The van der Waals surface area contributed by atoms with Gasteiger partial charge in [-0.25, -0.2) is 13.2 Å². The third-order valence-electron chi connectivity index (χ3n) is 5.97. The van der Waals surface area contributed by atoms with Crippen molar-refractivity contribution in [2.75, 3.05) is 18.5 Å². The van der Waals surface area contributed by atoms with Crippen LogP contribution in [0.2, 0.25) is 5.02 Å². The molecule has 0 radical (unpaired) electrons. The van der Waals surface area contributed by atoms with E-state index in [9.17, 15) is 18.3 Å². The smallest absolute Gasteiger partial charge is 0.319 e. The van der Waals surface area contributed by atoms with Gasteiger partial charge in [-0.05, 0) is 44.7 Å². The van der Waals surface area contributed by atoms with Gasteiger partial charge >= 0.3 is 6.03 Å². The van der Waals surface area contributed by atoms with Crippen LogP contribution in [0.5, 0.6) is 5.75 Å². The van der Waals surface area contributed by atoms with E-state index in [4.69, 9.17) is 16.3 Å². The lowest BCUT2D eigenvalue weighted by atomic mass is 9.67. The number of hydrogen-bond acceptors (Lipinski definition) is 5. The summed E-state index contributed by atoms with van der Waals surface area (Å²) >= 11 is 6.12. The van der Waals surface area contributed by atoms with Crippen LogP contribution in [0, 0.1) is 5.41 Å². The number of aromatic hydroxyl groups is 1. The fraction of sp³-hybridized carbons (Fsp3) is 0.526. The summed E-state index contributed by atoms with van der Waals surface area (Å²) in [4.78, 5) is 12.0. The number of carbonyl (C=O) groups is 1. The molecular weight excluding hydrogens is 404 g/mol. The largest absolute Gasteiger partial charge is 0.504 e. The normalized spacial score (nSPS) is 23.6. The number of hydrogen-bond donors (Lipinski definition) is 3. The number of rotatable bonds is 4. The Labute approximate surface area is 169 Å². The van der Waals surface area contributed by atoms with Crippen LogP contribution >= 0.6 is 11.6 Å². The van der Waals surface area contributed by atoms with Crippen LogP contribution in [0.1, 0.15) is 32.6 Å². The van der Waals surface area contributed by atoms with E-state index in [1.807, 2.05) is 6.92 Å². The zero-order valence-electron chi connectivity index (χ0n) is 15.5. The molecule has 2 fully saturated rings. The maximum absolute atomic E-state index is 13.0. The minimum atomic E-state index is -3.82. The van der Waals surface area contributed by atoms with E-state index >= 15 is 0 Å². The number of ether oxygens (including phenoxy) is 1. The number of halogens is 1. The van der Waals surface area contributed by atoms with Gasteiger partial charge < -0.3 is 20.5 Å². The van der Waals surface area contributed by atoms with Crippen LogP contribution in [0.3, 0.4) is 0 Å². The first-order valence-electron chi connectivity index (χ1n) is 9.29. The fourth-order valence-electron chi connectivity index (χ4n) is 4.19. The summed E-state index contributed by atoms with van der Waals surface area (Å²) in [5.41, 5.74) is 1.06. The Kier molecular flexibility index (Phi) is 4.84. The summed E-state index contributed by atoms with van der Waals surface area (Å²) in [6.07, 6.45) is 4.78. The summed E-state index contributed by atoms with van der Waals surface area (Å²) in [7, 11) is -3.82. The number of phenols is 1. The van der Waals surface area contributed by atoms with Gasteiger partial charge in [-0.2, -0.15) is 0 Å². The molecule has 7 nitrogen and oxygen atoms in total. The monoisotopic (exact) mass is 426 g/mol. The van der Waals surface area contributed by atoms with E-state index in [0.717, 1.165) is 18.4 Å². The van der Waals surface area contributed by atoms with Crippen molar-refractivity contribution in [1.82, 2.24) is 5.32 Å². The molecule has 0 bridgehead atoms. The lowest BCUT2D eigenvalue weighted by molar-refractivity contribution is -0.153. The Morgan fingerprint density at radius 1 is 1.32 bits per heavy atom. The first kappa shape index (κ1) is 19.5. The van der Waals surface area contributed by atoms with E-state index in [1.54, 1.807) is 0 Å². The molecule has 1 saturated heterocycles. The fourth-order valence-corrected chi connectivity index (χ4v) is 6.86. The first-order chi connectivity index (χ1) is 13.2. The number of carbonyl (C=O) groups excluding carboxylic acids is 1. The third-order valence-corrected chi connectivity index (χ3v) is 8.59. The van der Waals surface area contributed by atoms with Gasteiger partial charge in [-0.1, -0.05) is 23.3 Å². The second kappa shape index (κ2) is 6.93. The molecule has 1 aromatic rings. The average Bonchev–Trinajstić information content (AvgIpc) is 2.92. The Bertz CT molecular complexity index is 947. The van der Waals surface area contributed by atoms with Crippen LogP contribution in [0.15, 0.2) is 28.7 Å². The molecule has 1 atom stereocenters. The van der Waals surface area contributed by atoms with Gasteiger partial charge in [0.2, 0.25) is 0 Å². The molecule has 152 valence electrons. The molecule has 1 spiro atoms. The highest BCUT2D eigenvalue weighted by Gasteiger charge is 2.55. The van der Waals surface area contributed by atoms with E-state index < -0.39 is 26.9 Å². The highest BCUT2D eigenvalue weighted by Crippen LogP contribution is 2.52. The number of nitrogens with one attached hydrogen (secondary N) is 2. The lowest BCUT2D eigenvalue weighted by Gasteiger charge is -2.52. The molecule has 9 heteroatoms. The summed E-state index contributed by atoms with van der Waals surface area (Å²) in [6, 6.07) is 2.21. The van der Waals surface area contributed by atoms with Crippen molar-refractivity contribution in [3.63, 3.8) is 0 Å². The van der Waals surface area contributed by atoms with E-state index in [2.05, 4.69) is 16.7 Å². The van der Waals surface area contributed by atoms with Crippen LogP contribution in [0.25, 0.3) is 0 Å². The molecule has 4 rings (SSSR count). The first-order valence-corrected chi connectivity index (χ1v) is 11.2. The van der Waals surface area contributed by atoms with Gasteiger partial charge in [0, 0.05) is 5.41 Å². The van der Waals surface area contributed by atoms with Gasteiger partial charge in [0.05, 0.1) is 35.2 Å². The molecule has 2 amide bonds. The summed E-state index contributed by atoms with van der Waals surface area (Å²) in [6.45, 7) is 3.10. The number of allylic oxidation sites excluding steroid dienone is 1. The van der Waals surface area contributed by atoms with Crippen molar-refractivity contribution in [2.45, 2.75) is 48.8 Å². The summed E-state index contributed by atoms with van der Waals surface area (Å²) in [5, 5.41) is 15.3. The number of sulfone groups is 1. The van der Waals surface area contributed by atoms with Gasteiger partial charge in [-0.15, -0.1) is 0 Å². The third kappa shape index (κ3) is 3.27. The van der Waals surface area contributed by atoms with Crippen molar-refractivity contribution in [3.05, 3.63) is 28.8 Å². The highest BCUT2D eigenvalue weighted by atomic mass is 35.5. The molecule has 0 aromatic heterocycles. The zero-order valence-corrected chi connectivity index (χ0v) is 17.1. The van der Waals surface area contributed by atoms with Crippen LogP contribution < -0.4 is 10.6 Å². The lowest BCUT2D eigenvalue weighted by Crippen LogP contribution is -2.56. The topological polar surface area (TPSA) is 105 Å². The van der Waals surface area contributed by atoms with Crippen LogP contribution in [-0.2, 0) is 14.6 Å². The van der Waals surface area contributed by atoms with E-state index in [1.165, 1.54) is 12.1 Å². The molecule has 1 heterocycles. The molecule has 3 N–H and O–H groups in total. The number of urea groups is 1. The maximum atomic E-state index is 13.0. The molecule has 1 saturated carbocycles. The van der Waals surface area contributed by atoms with Gasteiger partial charge in [0.15, 0.2) is 15.6 Å². The van der Waals surface area contributed by atoms with Gasteiger partial charge in [0.25, 0.3) is 0 Å². The Morgan fingerprint density at radius 2 is 2.04 bits per heavy atom. The maximum Gasteiger partial charge on any atom is 0.319 e. The van der Waals surface area contributed by atoms with Crippen molar-refractivity contribution in [1.29, 1.82) is 0 Å². The van der Waals surface area contributed by atoms with Gasteiger partial charge in [0.1, 0.15) is 4.90 Å². The van der Waals surface area contributed by atoms with E-state index in [0.29, 0.717) is 26.1 Å². The molecule has 3 aliphatic rings. The Balaban J connectivity index is 1.52. The Hall–Kier alpha value is -1.77. The number of phenolic OH excluding ortho intramolecular Hbond substituents is 1. The molecule has 2 aliphatic carbocycles. The highest BCUT2D eigenvalue weighted by molar-refractivity contribution is 7.92. The molecule has 1 unspecified atom stereocenters. The van der Waals surface area contributed by atoms with Crippen LogP contribution in [0.4, 0.5) is 10.5 Å². The van der Waals surface area contributed by atoms with Crippen molar-refractivity contribution in [3.8, 4) is 5.75 Å². The predicted octanol–water partition coefficient (Wildman–Crippen LogP) is 3.23. The summed E-state index contributed by atoms with van der Waals surface area (Å²) in [5.74, 6) is -0.521. The molecular formula is C19H23ClN2O5S.